The Balaban J connectivity index is 2.28. The molecule has 1 amide bonds. The zero-order chi connectivity index (χ0) is 14.0. The molecule has 19 heavy (non-hydrogen) atoms. The van der Waals surface area contributed by atoms with Gasteiger partial charge in [0.2, 0.25) is 0 Å². The van der Waals surface area contributed by atoms with Crippen LogP contribution in [0.5, 0.6) is 5.75 Å². The topological polar surface area (TPSA) is 86.6 Å². The molecule has 6 heteroatoms. The van der Waals surface area contributed by atoms with Crippen LogP contribution in [0.2, 0.25) is 0 Å². The number of amides is 1. The molecular formula is C13H11NO4S. The van der Waals surface area contributed by atoms with Crippen molar-refractivity contribution in [1.82, 2.24) is 0 Å². The number of carboxylic acids is 1. The summed E-state index contributed by atoms with van der Waals surface area (Å²) in [7, 11) is 0. The highest BCUT2D eigenvalue weighted by atomic mass is 32.1. The van der Waals surface area contributed by atoms with Gasteiger partial charge in [0.05, 0.1) is 16.1 Å². The number of aromatic carboxylic acids is 1. The van der Waals surface area contributed by atoms with E-state index in [2.05, 4.69) is 5.32 Å². The number of phenolic OH excluding ortho intramolecular Hbond substituents is 1. The fourth-order valence-corrected chi connectivity index (χ4v) is 2.37. The number of nitrogens with one attached hydrogen (secondary N) is 1. The molecule has 1 aromatic carbocycles. The number of carbonyl (C=O) groups excluding carboxylic acids is 1. The summed E-state index contributed by atoms with van der Waals surface area (Å²) < 4.78 is 0. The molecule has 98 valence electrons. The van der Waals surface area contributed by atoms with Crippen molar-refractivity contribution in [3.05, 3.63) is 45.6 Å². The molecule has 0 saturated heterocycles. The van der Waals surface area contributed by atoms with E-state index in [-0.39, 0.29) is 22.9 Å². The lowest BCUT2D eigenvalue weighted by atomic mass is 10.2. The van der Waals surface area contributed by atoms with Crippen LogP contribution in [0.1, 0.15) is 25.6 Å². The minimum atomic E-state index is -1.12. The third-order valence-electron chi connectivity index (χ3n) is 2.56. The summed E-state index contributed by atoms with van der Waals surface area (Å²) in [4.78, 5) is 23.3. The Bertz CT molecular complexity index is 648. The van der Waals surface area contributed by atoms with E-state index in [4.69, 9.17) is 5.11 Å². The van der Waals surface area contributed by atoms with Crippen molar-refractivity contribution in [2.45, 2.75) is 6.92 Å². The fourth-order valence-electron chi connectivity index (χ4n) is 1.55. The smallest absolute Gasteiger partial charge is 0.335 e. The normalized spacial score (nSPS) is 10.2. The molecule has 0 aliphatic heterocycles. The maximum Gasteiger partial charge on any atom is 0.335 e. The van der Waals surface area contributed by atoms with E-state index in [1.807, 2.05) is 6.07 Å². The van der Waals surface area contributed by atoms with Crippen LogP contribution in [-0.4, -0.2) is 22.1 Å². The van der Waals surface area contributed by atoms with Gasteiger partial charge in [-0.2, -0.15) is 0 Å². The van der Waals surface area contributed by atoms with Crippen LogP contribution >= 0.6 is 11.3 Å². The first kappa shape index (κ1) is 13.1. The van der Waals surface area contributed by atoms with E-state index < -0.39 is 5.97 Å². The van der Waals surface area contributed by atoms with Crippen molar-refractivity contribution in [1.29, 1.82) is 0 Å². The minimum Gasteiger partial charge on any atom is -0.506 e. The number of aromatic hydroxyl groups is 1. The van der Waals surface area contributed by atoms with Gasteiger partial charge in [-0.25, -0.2) is 4.79 Å². The van der Waals surface area contributed by atoms with Gasteiger partial charge in [0, 0.05) is 0 Å². The van der Waals surface area contributed by atoms with Gasteiger partial charge in [-0.1, -0.05) is 0 Å². The Labute approximate surface area is 113 Å². The third kappa shape index (κ3) is 2.74. The van der Waals surface area contributed by atoms with Crippen LogP contribution in [0, 0.1) is 6.92 Å². The second kappa shape index (κ2) is 5.11. The highest BCUT2D eigenvalue weighted by Gasteiger charge is 2.14. The van der Waals surface area contributed by atoms with E-state index in [1.165, 1.54) is 29.5 Å². The van der Waals surface area contributed by atoms with Crippen LogP contribution in [0.25, 0.3) is 0 Å². The number of rotatable bonds is 3. The van der Waals surface area contributed by atoms with Gasteiger partial charge in [0.15, 0.2) is 0 Å². The predicted octanol–water partition coefficient (Wildman–Crippen LogP) is 2.71. The summed E-state index contributed by atoms with van der Waals surface area (Å²) in [6.07, 6.45) is 0. The first-order valence-corrected chi connectivity index (χ1v) is 6.28. The van der Waals surface area contributed by atoms with Crippen molar-refractivity contribution < 1.29 is 19.8 Å². The lowest BCUT2D eigenvalue weighted by Crippen LogP contribution is -2.12. The second-order valence-corrected chi connectivity index (χ2v) is 4.84. The monoisotopic (exact) mass is 277 g/mol. The first-order valence-electron chi connectivity index (χ1n) is 5.41. The average molecular weight is 277 g/mol. The Kier molecular flexibility index (Phi) is 3.52. The van der Waals surface area contributed by atoms with Crippen molar-refractivity contribution >= 4 is 28.9 Å². The highest BCUT2D eigenvalue weighted by Crippen LogP contribution is 2.26. The quantitative estimate of drug-likeness (QED) is 0.753. The first-order chi connectivity index (χ1) is 8.99. The number of thiophene rings is 1. The molecule has 0 saturated carbocycles. The number of benzene rings is 1. The number of phenols is 1. The Hall–Kier alpha value is -2.34. The standard InChI is InChI=1S/C13H11NO4S/c1-7-4-5-19-11(7)12(16)14-9-6-8(13(17)18)2-3-10(9)15/h2-6,15H,1H3,(H,14,16)(H,17,18). The molecule has 2 rings (SSSR count). The third-order valence-corrected chi connectivity index (χ3v) is 3.58. The molecule has 0 fully saturated rings. The number of carboxylic acid groups (broad SMARTS) is 1. The lowest BCUT2D eigenvalue weighted by Gasteiger charge is -2.07. The maximum absolute atomic E-state index is 12.0. The van der Waals surface area contributed by atoms with Gasteiger partial charge < -0.3 is 15.5 Å². The van der Waals surface area contributed by atoms with Gasteiger partial charge in [0.1, 0.15) is 5.75 Å². The summed E-state index contributed by atoms with van der Waals surface area (Å²) in [5.41, 5.74) is 0.907. The van der Waals surface area contributed by atoms with E-state index >= 15 is 0 Å². The van der Waals surface area contributed by atoms with E-state index in [1.54, 1.807) is 12.3 Å². The van der Waals surface area contributed by atoms with Crippen molar-refractivity contribution in [3.8, 4) is 5.75 Å². The van der Waals surface area contributed by atoms with Crippen molar-refractivity contribution in [3.63, 3.8) is 0 Å². The highest BCUT2D eigenvalue weighted by molar-refractivity contribution is 7.12. The van der Waals surface area contributed by atoms with Crippen LogP contribution < -0.4 is 5.32 Å². The fraction of sp³-hybridized carbons (Fsp3) is 0.0769. The SMILES string of the molecule is Cc1ccsc1C(=O)Nc1cc(C(=O)O)ccc1O. The number of hydrogen-bond acceptors (Lipinski definition) is 4. The van der Waals surface area contributed by atoms with Gasteiger partial charge in [-0.05, 0) is 42.1 Å². The summed E-state index contributed by atoms with van der Waals surface area (Å²) in [6, 6.07) is 5.54. The van der Waals surface area contributed by atoms with Crippen LogP contribution in [0.3, 0.4) is 0 Å². The summed E-state index contributed by atoms with van der Waals surface area (Å²) >= 11 is 1.28. The molecule has 1 aromatic heterocycles. The molecule has 0 spiro atoms. The van der Waals surface area contributed by atoms with Gasteiger partial charge >= 0.3 is 5.97 Å². The van der Waals surface area contributed by atoms with Crippen molar-refractivity contribution in [2.24, 2.45) is 0 Å². The average Bonchev–Trinajstić information content (AvgIpc) is 2.78. The molecule has 0 unspecified atom stereocenters. The Morgan fingerprint density at radius 3 is 2.58 bits per heavy atom. The maximum atomic E-state index is 12.0. The van der Waals surface area contributed by atoms with Crippen LogP contribution in [0.15, 0.2) is 29.6 Å². The largest absolute Gasteiger partial charge is 0.506 e. The number of anilines is 1. The Morgan fingerprint density at radius 2 is 2.00 bits per heavy atom. The van der Waals surface area contributed by atoms with Gasteiger partial charge in [0.25, 0.3) is 5.91 Å². The molecule has 1 heterocycles. The van der Waals surface area contributed by atoms with E-state index in [9.17, 15) is 14.7 Å². The number of aryl methyl sites for hydroxylation is 1. The van der Waals surface area contributed by atoms with Gasteiger partial charge in [-0.15, -0.1) is 11.3 Å². The summed E-state index contributed by atoms with van der Waals surface area (Å²) in [5, 5.41) is 22.8. The lowest BCUT2D eigenvalue weighted by molar-refractivity contribution is 0.0696. The number of carbonyl (C=O) groups is 2. The molecule has 0 atom stereocenters. The van der Waals surface area contributed by atoms with Crippen molar-refractivity contribution in [2.75, 3.05) is 5.32 Å². The van der Waals surface area contributed by atoms with E-state index in [0.29, 0.717) is 4.88 Å². The molecule has 2 aromatic rings. The second-order valence-electron chi connectivity index (χ2n) is 3.92. The van der Waals surface area contributed by atoms with Gasteiger partial charge in [-0.3, -0.25) is 4.79 Å². The van der Waals surface area contributed by atoms with Crippen LogP contribution in [0.4, 0.5) is 5.69 Å². The zero-order valence-corrected chi connectivity index (χ0v) is 10.8. The molecule has 0 radical (unpaired) electrons. The molecule has 0 aliphatic rings. The molecule has 5 nitrogen and oxygen atoms in total. The Morgan fingerprint density at radius 1 is 1.26 bits per heavy atom. The number of hydrogen-bond donors (Lipinski definition) is 3. The molecular weight excluding hydrogens is 266 g/mol. The summed E-state index contributed by atoms with van der Waals surface area (Å²) in [5.74, 6) is -1.67. The minimum absolute atomic E-state index is 0.00370. The summed E-state index contributed by atoms with van der Waals surface area (Å²) in [6.45, 7) is 1.80. The zero-order valence-electron chi connectivity index (χ0n) is 10.0. The molecule has 3 N–H and O–H groups in total. The van der Waals surface area contributed by atoms with E-state index in [0.717, 1.165) is 5.56 Å². The predicted molar refractivity (Wildman–Crippen MR) is 72.1 cm³/mol. The van der Waals surface area contributed by atoms with Crippen LogP contribution in [-0.2, 0) is 0 Å². The molecule has 0 aliphatic carbocycles. The molecule has 0 bridgehead atoms.